The number of aliphatic hydroxyl groups excluding tert-OH is 1. The van der Waals surface area contributed by atoms with Crippen LogP contribution in [0.1, 0.15) is 70.6 Å². The number of nitrogens with zero attached hydrogens (tertiary/aromatic N) is 2. The molecule has 2 aliphatic rings. The van der Waals surface area contributed by atoms with Gasteiger partial charge in [-0.1, -0.05) is 32.9 Å². The Morgan fingerprint density at radius 2 is 1.96 bits per heavy atom. The second-order valence-electron chi connectivity index (χ2n) is 13.2. The van der Waals surface area contributed by atoms with Gasteiger partial charge in [-0.3, -0.25) is 19.2 Å². The van der Waals surface area contributed by atoms with Crippen molar-refractivity contribution in [1.29, 1.82) is 0 Å². The summed E-state index contributed by atoms with van der Waals surface area (Å²) < 4.78 is 20.4. The van der Waals surface area contributed by atoms with Gasteiger partial charge in [-0.2, -0.15) is 0 Å². The molecule has 12 nitrogen and oxygen atoms in total. The number of benzene rings is 1. The van der Waals surface area contributed by atoms with Crippen LogP contribution >= 0.6 is 11.3 Å². The highest BCUT2D eigenvalue weighted by molar-refractivity contribution is 7.13. The first-order valence-corrected chi connectivity index (χ1v) is 16.7. The standard InChI is InChI=1S/C33H44FN5O7S/c1-20-27(47-19-37-20)21-8-9-22(25(14-21)46-18-26(42)35-12-6-5-7-13-40)16-36-29(43)24-15-23(41)17-39(24)30(44)28(32(2,3)4)38-31(45)33(34)10-11-33/h8-9,13-14,19,23-24,28,41H,5-7,10-12,15-18H2,1-4H3,(H,35,42)(H,36,43)(H,38,45)/t23-,24+,28?/m1/s1. The lowest BCUT2D eigenvalue weighted by Crippen LogP contribution is -2.59. The first-order valence-electron chi connectivity index (χ1n) is 15.9. The largest absolute Gasteiger partial charge is 0.483 e. The fraction of sp³-hybridized carbons (Fsp3) is 0.576. The minimum absolute atomic E-state index is 0.00185. The molecule has 14 heteroatoms. The minimum Gasteiger partial charge on any atom is -0.483 e. The Hall–Kier alpha value is -3.91. The normalized spacial score (nSPS) is 19.1. The van der Waals surface area contributed by atoms with E-state index in [4.69, 9.17) is 4.74 Å². The lowest BCUT2D eigenvalue weighted by Gasteiger charge is -2.35. The zero-order chi connectivity index (χ0) is 34.4. The van der Waals surface area contributed by atoms with Crippen LogP contribution in [-0.2, 0) is 30.5 Å². The first-order chi connectivity index (χ1) is 22.2. The number of amides is 4. The Labute approximate surface area is 277 Å². The summed E-state index contributed by atoms with van der Waals surface area (Å²) in [7, 11) is 0. The van der Waals surface area contributed by atoms with E-state index in [0.717, 1.165) is 22.4 Å². The van der Waals surface area contributed by atoms with Crippen molar-refractivity contribution in [2.45, 2.75) is 96.6 Å². The quantitative estimate of drug-likeness (QED) is 0.165. The third-order valence-electron chi connectivity index (χ3n) is 8.31. The molecule has 4 amide bonds. The average molecular weight is 674 g/mol. The summed E-state index contributed by atoms with van der Waals surface area (Å²) >= 11 is 1.46. The van der Waals surface area contributed by atoms with Crippen LogP contribution in [-0.4, -0.2) is 88.5 Å². The SMILES string of the molecule is Cc1ncsc1-c1ccc(CNC(=O)[C@@H]2C[C@@H](O)CN2C(=O)C(NC(=O)C2(F)CC2)C(C)(C)C)c(OCC(=O)NCCCCC=O)c1. The molecule has 1 aromatic heterocycles. The maximum Gasteiger partial charge on any atom is 0.258 e. The summed E-state index contributed by atoms with van der Waals surface area (Å²) in [5, 5.41) is 18.6. The number of ether oxygens (including phenoxy) is 1. The van der Waals surface area contributed by atoms with Gasteiger partial charge in [-0.25, -0.2) is 9.37 Å². The highest BCUT2D eigenvalue weighted by Crippen LogP contribution is 2.40. The molecular formula is C33H44FN5O7S. The molecule has 1 aliphatic heterocycles. The maximum atomic E-state index is 14.5. The lowest BCUT2D eigenvalue weighted by atomic mass is 9.85. The molecule has 1 aromatic carbocycles. The Bertz CT molecular complexity index is 1470. The highest BCUT2D eigenvalue weighted by atomic mass is 32.1. The van der Waals surface area contributed by atoms with Gasteiger partial charge in [0.05, 0.1) is 22.2 Å². The monoisotopic (exact) mass is 673 g/mol. The number of thiazole rings is 1. The predicted molar refractivity (Wildman–Crippen MR) is 173 cm³/mol. The molecule has 1 saturated heterocycles. The van der Waals surface area contributed by atoms with Gasteiger partial charge in [-0.15, -0.1) is 11.3 Å². The molecule has 256 valence electrons. The summed E-state index contributed by atoms with van der Waals surface area (Å²) in [6, 6.07) is 3.30. The molecule has 0 bridgehead atoms. The molecule has 2 fully saturated rings. The number of carbonyl (C=O) groups is 5. The number of carbonyl (C=O) groups excluding carboxylic acids is 5. The molecule has 0 spiro atoms. The summed E-state index contributed by atoms with van der Waals surface area (Å²) in [5.74, 6) is -1.89. The minimum atomic E-state index is -1.98. The van der Waals surface area contributed by atoms with Crippen molar-refractivity contribution in [3.63, 3.8) is 0 Å². The lowest BCUT2D eigenvalue weighted by molar-refractivity contribution is -0.145. The summed E-state index contributed by atoms with van der Waals surface area (Å²) in [4.78, 5) is 69.2. The number of nitrogens with one attached hydrogen (secondary N) is 3. The van der Waals surface area contributed by atoms with E-state index in [1.54, 1.807) is 38.4 Å². The number of aryl methyl sites for hydroxylation is 1. The average Bonchev–Trinajstić information content (AvgIpc) is 3.43. The van der Waals surface area contributed by atoms with Crippen LogP contribution in [0.3, 0.4) is 0 Å². The van der Waals surface area contributed by atoms with Crippen molar-refractivity contribution in [1.82, 2.24) is 25.8 Å². The Morgan fingerprint density at radius 3 is 2.60 bits per heavy atom. The molecule has 1 aliphatic carbocycles. The Morgan fingerprint density at radius 1 is 1.21 bits per heavy atom. The van der Waals surface area contributed by atoms with Crippen LogP contribution in [0.2, 0.25) is 0 Å². The number of hydrogen-bond acceptors (Lipinski definition) is 9. The van der Waals surface area contributed by atoms with Gasteiger partial charge in [0.1, 0.15) is 24.1 Å². The zero-order valence-corrected chi connectivity index (χ0v) is 28.1. The number of halogens is 1. The third kappa shape index (κ3) is 9.34. The van der Waals surface area contributed by atoms with Gasteiger partial charge in [-0.05, 0) is 49.7 Å². The predicted octanol–water partition coefficient (Wildman–Crippen LogP) is 2.59. The molecule has 0 radical (unpaired) electrons. The van der Waals surface area contributed by atoms with E-state index in [1.807, 2.05) is 13.0 Å². The fourth-order valence-electron chi connectivity index (χ4n) is 5.35. The maximum absolute atomic E-state index is 14.5. The van der Waals surface area contributed by atoms with Crippen LogP contribution in [0, 0.1) is 12.3 Å². The zero-order valence-electron chi connectivity index (χ0n) is 27.3. The summed E-state index contributed by atoms with van der Waals surface area (Å²) in [6.45, 7) is 7.14. The number of hydrogen-bond donors (Lipinski definition) is 4. The molecule has 2 aromatic rings. The van der Waals surface area contributed by atoms with Crippen LogP contribution in [0.15, 0.2) is 23.7 Å². The molecule has 1 saturated carbocycles. The number of β-amino-alcohol motifs (C(OH)–C–C–N with tert-alkyl or cyclic N) is 1. The van der Waals surface area contributed by atoms with Gasteiger partial charge in [0, 0.05) is 38.0 Å². The summed E-state index contributed by atoms with van der Waals surface area (Å²) in [5.41, 5.74) is 1.21. The number of alkyl halides is 1. The molecule has 3 atom stereocenters. The van der Waals surface area contributed by atoms with E-state index in [0.29, 0.717) is 37.1 Å². The van der Waals surface area contributed by atoms with Gasteiger partial charge >= 0.3 is 0 Å². The number of rotatable bonds is 15. The van der Waals surface area contributed by atoms with Gasteiger partial charge in [0.2, 0.25) is 11.8 Å². The van der Waals surface area contributed by atoms with Crippen molar-refractivity contribution in [3.05, 3.63) is 35.0 Å². The van der Waals surface area contributed by atoms with E-state index in [9.17, 15) is 33.5 Å². The van der Waals surface area contributed by atoms with E-state index in [2.05, 4.69) is 20.9 Å². The smallest absolute Gasteiger partial charge is 0.258 e. The van der Waals surface area contributed by atoms with Crippen molar-refractivity contribution in [2.75, 3.05) is 19.7 Å². The second-order valence-corrected chi connectivity index (χ2v) is 14.1. The summed E-state index contributed by atoms with van der Waals surface area (Å²) in [6.07, 6.45) is 1.85. The fourth-order valence-corrected chi connectivity index (χ4v) is 6.15. The molecular weight excluding hydrogens is 629 g/mol. The second kappa shape index (κ2) is 15.3. The topological polar surface area (TPSA) is 167 Å². The van der Waals surface area contributed by atoms with E-state index in [1.165, 1.54) is 16.2 Å². The van der Waals surface area contributed by atoms with Gasteiger partial charge < -0.3 is 35.5 Å². The van der Waals surface area contributed by atoms with E-state index in [-0.39, 0.29) is 44.9 Å². The molecule has 1 unspecified atom stereocenters. The van der Waals surface area contributed by atoms with Crippen LogP contribution in [0.25, 0.3) is 10.4 Å². The number of aliphatic hydroxyl groups is 1. The van der Waals surface area contributed by atoms with Crippen LogP contribution < -0.4 is 20.7 Å². The number of unbranched alkanes of at least 4 members (excludes halogenated alkanes) is 2. The molecule has 2 heterocycles. The van der Waals surface area contributed by atoms with Crippen LogP contribution in [0.4, 0.5) is 4.39 Å². The van der Waals surface area contributed by atoms with E-state index >= 15 is 0 Å². The molecule has 47 heavy (non-hydrogen) atoms. The van der Waals surface area contributed by atoms with Crippen LogP contribution in [0.5, 0.6) is 5.75 Å². The first kappa shape index (κ1) is 35.9. The molecule has 4 N–H and O–H groups in total. The Balaban J connectivity index is 1.46. The van der Waals surface area contributed by atoms with Gasteiger partial charge in [0.25, 0.3) is 11.8 Å². The third-order valence-corrected chi connectivity index (χ3v) is 9.28. The number of aldehydes is 1. The van der Waals surface area contributed by atoms with Crippen molar-refractivity contribution in [2.24, 2.45) is 5.41 Å². The number of likely N-dealkylation sites (tertiary alicyclic amines) is 1. The van der Waals surface area contributed by atoms with E-state index < -0.39 is 47.0 Å². The highest BCUT2D eigenvalue weighted by Gasteiger charge is 2.53. The molecule has 4 rings (SSSR count). The van der Waals surface area contributed by atoms with Crippen molar-refractivity contribution in [3.8, 4) is 16.2 Å². The van der Waals surface area contributed by atoms with Gasteiger partial charge in [0.15, 0.2) is 12.3 Å². The Kier molecular flexibility index (Phi) is 11.7. The van der Waals surface area contributed by atoms with Crippen molar-refractivity contribution < 1.29 is 38.2 Å². The van der Waals surface area contributed by atoms with Crippen molar-refractivity contribution >= 4 is 41.3 Å². The number of aromatic nitrogens is 1.